The smallest absolute Gasteiger partial charge is 0.326 e. The van der Waals surface area contributed by atoms with Crippen molar-refractivity contribution in [3.8, 4) is 0 Å². The monoisotopic (exact) mass is 325 g/mol. The number of aliphatic carboxylic acids is 1. The summed E-state index contributed by atoms with van der Waals surface area (Å²) in [7, 11) is 0. The molecule has 1 saturated heterocycles. The van der Waals surface area contributed by atoms with Crippen LogP contribution in [0.4, 0.5) is 4.79 Å². The summed E-state index contributed by atoms with van der Waals surface area (Å²) in [6.07, 6.45) is 4.83. The van der Waals surface area contributed by atoms with Crippen LogP contribution in [0.1, 0.15) is 51.9 Å². The lowest BCUT2D eigenvalue weighted by Crippen LogP contribution is -2.50. The number of carbonyl (C=O) groups is 4. The molecule has 23 heavy (non-hydrogen) atoms. The summed E-state index contributed by atoms with van der Waals surface area (Å²) in [5.74, 6) is -2.14. The van der Waals surface area contributed by atoms with Gasteiger partial charge in [-0.1, -0.05) is 32.6 Å². The Kier molecular flexibility index (Phi) is 5.23. The molecule has 128 valence electrons. The van der Waals surface area contributed by atoms with Gasteiger partial charge in [0.15, 0.2) is 0 Å². The van der Waals surface area contributed by atoms with E-state index in [9.17, 15) is 19.2 Å². The molecule has 2 fully saturated rings. The Balaban J connectivity index is 1.99. The molecule has 1 heterocycles. The minimum absolute atomic E-state index is 0.297. The van der Waals surface area contributed by atoms with Gasteiger partial charge in [-0.15, -0.1) is 0 Å². The van der Waals surface area contributed by atoms with Gasteiger partial charge >= 0.3 is 12.0 Å². The number of rotatable bonds is 6. The molecule has 1 atom stereocenters. The molecule has 0 aromatic carbocycles. The Morgan fingerprint density at radius 3 is 2.52 bits per heavy atom. The molecule has 1 saturated carbocycles. The van der Waals surface area contributed by atoms with Gasteiger partial charge < -0.3 is 15.7 Å². The molecule has 0 radical (unpaired) electrons. The van der Waals surface area contributed by atoms with Crippen LogP contribution in [0.25, 0.3) is 0 Å². The summed E-state index contributed by atoms with van der Waals surface area (Å²) in [5.41, 5.74) is -0.870. The zero-order valence-corrected chi connectivity index (χ0v) is 13.3. The van der Waals surface area contributed by atoms with E-state index in [-0.39, 0.29) is 5.91 Å². The van der Waals surface area contributed by atoms with E-state index in [1.165, 1.54) is 0 Å². The third kappa shape index (κ3) is 3.62. The van der Waals surface area contributed by atoms with Crippen molar-refractivity contribution < 1.29 is 24.3 Å². The summed E-state index contributed by atoms with van der Waals surface area (Å²) in [5, 5.41) is 14.1. The zero-order chi connectivity index (χ0) is 17.0. The van der Waals surface area contributed by atoms with Crippen LogP contribution in [0, 0.1) is 0 Å². The van der Waals surface area contributed by atoms with Crippen LogP contribution in [0.2, 0.25) is 0 Å². The first kappa shape index (κ1) is 17.2. The lowest BCUT2D eigenvalue weighted by atomic mass is 9.82. The summed E-state index contributed by atoms with van der Waals surface area (Å²) >= 11 is 0. The van der Waals surface area contributed by atoms with Crippen molar-refractivity contribution in [3.63, 3.8) is 0 Å². The van der Waals surface area contributed by atoms with Crippen molar-refractivity contribution in [1.29, 1.82) is 0 Å². The van der Waals surface area contributed by atoms with Gasteiger partial charge in [0.2, 0.25) is 5.91 Å². The first-order valence-corrected chi connectivity index (χ1v) is 8.06. The van der Waals surface area contributed by atoms with E-state index in [2.05, 4.69) is 10.6 Å². The van der Waals surface area contributed by atoms with Crippen LogP contribution in [0.5, 0.6) is 0 Å². The van der Waals surface area contributed by atoms with Gasteiger partial charge in [-0.3, -0.25) is 14.5 Å². The fourth-order valence-corrected chi connectivity index (χ4v) is 3.24. The highest BCUT2D eigenvalue weighted by Gasteiger charge is 2.51. The molecule has 1 aliphatic carbocycles. The van der Waals surface area contributed by atoms with Gasteiger partial charge in [-0.05, 0) is 19.3 Å². The number of nitrogens with zero attached hydrogens (tertiary/aromatic N) is 1. The van der Waals surface area contributed by atoms with Crippen LogP contribution in [-0.2, 0) is 14.4 Å². The predicted octanol–water partition coefficient (Wildman–Crippen LogP) is 0.611. The number of carboxylic acid groups (broad SMARTS) is 1. The summed E-state index contributed by atoms with van der Waals surface area (Å²) in [6, 6.07) is -1.58. The molecule has 1 unspecified atom stereocenters. The number of urea groups is 1. The highest BCUT2D eigenvalue weighted by Crippen LogP contribution is 2.33. The number of carboxylic acids is 1. The predicted molar refractivity (Wildman–Crippen MR) is 80.5 cm³/mol. The van der Waals surface area contributed by atoms with E-state index in [4.69, 9.17) is 5.11 Å². The molecule has 4 amide bonds. The van der Waals surface area contributed by atoms with E-state index in [1.807, 2.05) is 6.92 Å². The molecule has 0 bridgehead atoms. The fourth-order valence-electron chi connectivity index (χ4n) is 3.24. The Hall–Kier alpha value is -2.12. The van der Waals surface area contributed by atoms with Crippen LogP contribution in [0.15, 0.2) is 0 Å². The van der Waals surface area contributed by atoms with E-state index in [1.54, 1.807) is 0 Å². The highest BCUT2D eigenvalue weighted by molar-refractivity contribution is 6.09. The second-order valence-corrected chi connectivity index (χ2v) is 6.21. The highest BCUT2D eigenvalue weighted by atomic mass is 16.4. The van der Waals surface area contributed by atoms with Crippen molar-refractivity contribution in [3.05, 3.63) is 0 Å². The topological polar surface area (TPSA) is 116 Å². The van der Waals surface area contributed by atoms with Crippen molar-refractivity contribution in [2.24, 2.45) is 0 Å². The Bertz CT molecular complexity index is 513. The Labute approximate surface area is 134 Å². The van der Waals surface area contributed by atoms with E-state index >= 15 is 0 Å². The molecule has 1 spiro atoms. The molecule has 1 aliphatic heterocycles. The molecule has 3 N–H and O–H groups in total. The summed E-state index contributed by atoms with van der Waals surface area (Å²) in [4.78, 5) is 48.5. The quantitative estimate of drug-likeness (QED) is 0.619. The Morgan fingerprint density at radius 2 is 1.96 bits per heavy atom. The lowest BCUT2D eigenvalue weighted by molar-refractivity contribution is -0.142. The number of hydrogen-bond acceptors (Lipinski definition) is 4. The molecule has 0 aromatic rings. The Morgan fingerprint density at radius 1 is 1.30 bits per heavy atom. The first-order valence-electron chi connectivity index (χ1n) is 8.06. The van der Waals surface area contributed by atoms with Crippen LogP contribution in [0.3, 0.4) is 0 Å². The minimum Gasteiger partial charge on any atom is -0.480 e. The summed E-state index contributed by atoms with van der Waals surface area (Å²) < 4.78 is 0. The van der Waals surface area contributed by atoms with Crippen molar-refractivity contribution in [2.45, 2.75) is 63.5 Å². The molecular weight excluding hydrogens is 302 g/mol. The van der Waals surface area contributed by atoms with Crippen molar-refractivity contribution in [2.75, 3.05) is 6.54 Å². The van der Waals surface area contributed by atoms with E-state index in [0.717, 1.165) is 24.2 Å². The van der Waals surface area contributed by atoms with Gasteiger partial charge in [-0.25, -0.2) is 9.59 Å². The van der Waals surface area contributed by atoms with Crippen LogP contribution in [-0.4, -0.2) is 51.9 Å². The second kappa shape index (κ2) is 6.97. The lowest BCUT2D eigenvalue weighted by Gasteiger charge is -2.30. The average molecular weight is 325 g/mol. The fraction of sp³-hybridized carbons (Fsp3) is 0.733. The van der Waals surface area contributed by atoms with Crippen LogP contribution < -0.4 is 10.6 Å². The molecule has 0 aromatic heterocycles. The third-order valence-electron chi connectivity index (χ3n) is 4.47. The molecule has 2 rings (SSSR count). The maximum Gasteiger partial charge on any atom is 0.326 e. The molecule has 8 nitrogen and oxygen atoms in total. The third-order valence-corrected chi connectivity index (χ3v) is 4.47. The van der Waals surface area contributed by atoms with Gasteiger partial charge in [-0.2, -0.15) is 0 Å². The maximum absolute atomic E-state index is 12.5. The van der Waals surface area contributed by atoms with E-state index in [0.29, 0.717) is 25.7 Å². The largest absolute Gasteiger partial charge is 0.480 e. The first-order chi connectivity index (χ1) is 10.9. The SMILES string of the molecule is CCCC(NC(=O)CN1C(=O)NC2(CCCCC2)C1=O)C(=O)O. The van der Waals surface area contributed by atoms with Crippen molar-refractivity contribution in [1.82, 2.24) is 15.5 Å². The zero-order valence-electron chi connectivity index (χ0n) is 13.3. The normalized spacial score (nSPS) is 21.2. The average Bonchev–Trinajstić information content (AvgIpc) is 2.72. The number of amides is 4. The number of hydrogen-bond donors (Lipinski definition) is 3. The minimum atomic E-state index is -1.12. The van der Waals surface area contributed by atoms with Crippen molar-refractivity contribution >= 4 is 23.8 Å². The summed E-state index contributed by atoms with van der Waals surface area (Å²) in [6.45, 7) is 1.37. The maximum atomic E-state index is 12.5. The van der Waals surface area contributed by atoms with Gasteiger partial charge in [0.05, 0.1) is 0 Å². The van der Waals surface area contributed by atoms with Gasteiger partial charge in [0.25, 0.3) is 5.91 Å². The van der Waals surface area contributed by atoms with Gasteiger partial charge in [0.1, 0.15) is 18.1 Å². The number of carbonyl (C=O) groups excluding carboxylic acids is 3. The molecular formula is C15H23N3O5. The van der Waals surface area contributed by atoms with Gasteiger partial charge in [0, 0.05) is 0 Å². The van der Waals surface area contributed by atoms with E-state index < -0.39 is 36.0 Å². The number of imide groups is 1. The molecule has 8 heteroatoms. The number of nitrogens with one attached hydrogen (secondary N) is 2. The standard InChI is InChI=1S/C15H23N3O5/c1-2-6-10(12(20)21)16-11(19)9-18-13(22)15(17-14(18)23)7-4-3-5-8-15/h10H,2-9H2,1H3,(H,16,19)(H,17,23)(H,20,21). The molecule has 2 aliphatic rings. The second-order valence-electron chi connectivity index (χ2n) is 6.21. The van der Waals surface area contributed by atoms with Crippen LogP contribution >= 0.6 is 0 Å².